The molecule has 0 spiro atoms. The van der Waals surface area contributed by atoms with Gasteiger partial charge < -0.3 is 10.4 Å². The van der Waals surface area contributed by atoms with Crippen molar-refractivity contribution >= 4 is 11.9 Å². The van der Waals surface area contributed by atoms with E-state index >= 15 is 0 Å². The maximum atomic E-state index is 10.6. The molecule has 0 aliphatic heterocycles. The Labute approximate surface area is 121 Å². The van der Waals surface area contributed by atoms with Crippen molar-refractivity contribution in [2.75, 3.05) is 0 Å². The quantitative estimate of drug-likeness (QED) is 0.894. The first-order valence-electron chi connectivity index (χ1n) is 6.69. The van der Waals surface area contributed by atoms with Crippen LogP contribution in [0.1, 0.15) is 43.9 Å². The summed E-state index contributed by atoms with van der Waals surface area (Å²) >= 11 is 0. The molecule has 1 amide bonds. The second-order valence-corrected chi connectivity index (χ2v) is 5.19. The van der Waals surface area contributed by atoms with Crippen molar-refractivity contribution in [2.24, 2.45) is 0 Å². The van der Waals surface area contributed by atoms with E-state index in [0.29, 0.717) is 6.42 Å². The fraction of sp³-hybridized carbons (Fsp3) is 0.500. The summed E-state index contributed by atoms with van der Waals surface area (Å²) in [6.07, 6.45) is 0.377. The van der Waals surface area contributed by atoms with E-state index in [1.54, 1.807) is 6.92 Å². The number of amides is 1. The third kappa shape index (κ3) is 5.43. The molecule has 0 saturated carbocycles. The minimum Gasteiger partial charge on any atom is -0.480 e. The number of hydrogen-bond donors (Lipinski definition) is 2. The predicted octanol–water partition coefficient (Wildman–Crippen LogP) is 2.99. The van der Waals surface area contributed by atoms with Gasteiger partial charge in [0, 0.05) is 6.92 Å². The first kappa shape index (κ1) is 18.2. The van der Waals surface area contributed by atoms with Crippen LogP contribution in [0.5, 0.6) is 0 Å². The Morgan fingerprint density at radius 1 is 1.20 bits per heavy atom. The van der Waals surface area contributed by atoms with E-state index < -0.39 is 11.5 Å². The zero-order valence-corrected chi connectivity index (χ0v) is 13.2. The third-order valence-electron chi connectivity index (χ3n) is 3.51. The lowest BCUT2D eigenvalue weighted by Crippen LogP contribution is -2.50. The lowest BCUT2D eigenvalue weighted by atomic mass is 9.99. The zero-order chi connectivity index (χ0) is 15.9. The predicted molar refractivity (Wildman–Crippen MR) is 80.8 cm³/mol. The van der Waals surface area contributed by atoms with Crippen molar-refractivity contribution in [1.29, 1.82) is 0 Å². The standard InChI is InChI=1S/C9H12.C7H13NO3/c1-7-5-4-6-8(2)9(7)3;1-4-7(3,6(10)11)8-5(2)9/h4-6H,1-3H3;4H2,1-3H3,(H,8,9)(H,10,11). The molecule has 0 aliphatic carbocycles. The molecule has 20 heavy (non-hydrogen) atoms. The number of carboxylic acid groups (broad SMARTS) is 1. The highest BCUT2D eigenvalue weighted by Gasteiger charge is 2.31. The molecule has 0 aromatic heterocycles. The molecule has 112 valence electrons. The van der Waals surface area contributed by atoms with Crippen molar-refractivity contribution in [2.45, 2.75) is 53.5 Å². The first-order chi connectivity index (χ1) is 9.14. The first-order valence-corrected chi connectivity index (χ1v) is 6.69. The molecule has 0 fully saturated rings. The molecule has 1 aromatic carbocycles. The van der Waals surface area contributed by atoms with Gasteiger partial charge in [0.05, 0.1) is 0 Å². The maximum Gasteiger partial charge on any atom is 0.329 e. The van der Waals surface area contributed by atoms with E-state index in [1.807, 2.05) is 0 Å². The van der Waals surface area contributed by atoms with Gasteiger partial charge in [-0.3, -0.25) is 4.79 Å². The number of hydrogen-bond acceptors (Lipinski definition) is 2. The molecule has 0 bridgehead atoms. The van der Waals surface area contributed by atoms with Crippen molar-refractivity contribution in [1.82, 2.24) is 5.32 Å². The van der Waals surface area contributed by atoms with Crippen LogP contribution < -0.4 is 5.32 Å². The summed E-state index contributed by atoms with van der Waals surface area (Å²) in [5.41, 5.74) is 3.06. The van der Waals surface area contributed by atoms with E-state index in [4.69, 9.17) is 5.11 Å². The number of rotatable bonds is 3. The Bertz CT molecular complexity index is 462. The summed E-state index contributed by atoms with van der Waals surface area (Å²) in [6, 6.07) is 6.38. The molecular formula is C16H25NO3. The van der Waals surface area contributed by atoms with Crippen molar-refractivity contribution in [3.8, 4) is 0 Å². The molecule has 4 heteroatoms. The monoisotopic (exact) mass is 279 g/mol. The highest BCUT2D eigenvalue weighted by atomic mass is 16.4. The minimum atomic E-state index is -1.12. The number of carboxylic acids is 1. The lowest BCUT2D eigenvalue weighted by molar-refractivity contribution is -0.146. The highest BCUT2D eigenvalue weighted by molar-refractivity contribution is 5.85. The second-order valence-electron chi connectivity index (χ2n) is 5.19. The molecule has 0 aliphatic rings. The van der Waals surface area contributed by atoms with E-state index in [-0.39, 0.29) is 5.91 Å². The number of carbonyl (C=O) groups excluding carboxylic acids is 1. The fourth-order valence-corrected chi connectivity index (χ4v) is 1.58. The van der Waals surface area contributed by atoms with Crippen LogP contribution in [0.25, 0.3) is 0 Å². The Hall–Kier alpha value is -1.84. The van der Waals surface area contributed by atoms with Crippen molar-refractivity contribution in [3.05, 3.63) is 34.9 Å². The molecule has 0 radical (unpaired) electrons. The number of aryl methyl sites for hydroxylation is 2. The van der Waals surface area contributed by atoms with Crippen LogP contribution in [0, 0.1) is 20.8 Å². The van der Waals surface area contributed by atoms with E-state index in [2.05, 4.69) is 44.3 Å². The summed E-state index contributed by atoms with van der Waals surface area (Å²) in [7, 11) is 0. The summed E-state index contributed by atoms with van der Waals surface area (Å²) in [4.78, 5) is 21.1. The smallest absolute Gasteiger partial charge is 0.329 e. The molecule has 1 rings (SSSR count). The minimum absolute atomic E-state index is 0.322. The average molecular weight is 279 g/mol. The SMILES string of the molecule is CCC(C)(NC(C)=O)C(=O)O.Cc1cccc(C)c1C. The molecule has 4 nitrogen and oxygen atoms in total. The number of carbonyl (C=O) groups is 2. The maximum absolute atomic E-state index is 10.6. The van der Waals surface area contributed by atoms with Gasteiger partial charge in [-0.2, -0.15) is 0 Å². The lowest BCUT2D eigenvalue weighted by Gasteiger charge is -2.23. The van der Waals surface area contributed by atoms with Gasteiger partial charge >= 0.3 is 5.97 Å². The van der Waals surface area contributed by atoms with Gasteiger partial charge in [-0.25, -0.2) is 4.79 Å². The van der Waals surface area contributed by atoms with Gasteiger partial charge in [-0.1, -0.05) is 25.1 Å². The van der Waals surface area contributed by atoms with Gasteiger partial charge in [0.1, 0.15) is 5.54 Å². The molecule has 0 saturated heterocycles. The molecule has 2 N–H and O–H groups in total. The molecule has 1 aromatic rings. The summed E-state index contributed by atoms with van der Waals surface area (Å²) in [5, 5.41) is 11.0. The molecular weight excluding hydrogens is 254 g/mol. The Morgan fingerprint density at radius 2 is 1.65 bits per heavy atom. The zero-order valence-electron chi connectivity index (χ0n) is 13.2. The fourth-order valence-electron chi connectivity index (χ4n) is 1.58. The van der Waals surface area contributed by atoms with E-state index in [0.717, 1.165) is 0 Å². The number of nitrogens with one attached hydrogen (secondary N) is 1. The van der Waals surface area contributed by atoms with E-state index in [9.17, 15) is 9.59 Å². The Kier molecular flexibility index (Phi) is 6.97. The van der Waals surface area contributed by atoms with Crippen molar-refractivity contribution in [3.63, 3.8) is 0 Å². The topological polar surface area (TPSA) is 66.4 Å². The summed E-state index contributed by atoms with van der Waals surface area (Å²) in [5.74, 6) is -1.33. The Balaban J connectivity index is 0.000000367. The van der Waals surface area contributed by atoms with Gasteiger partial charge in [0.25, 0.3) is 0 Å². The van der Waals surface area contributed by atoms with Gasteiger partial charge in [-0.15, -0.1) is 0 Å². The molecule has 0 heterocycles. The van der Waals surface area contributed by atoms with Crippen LogP contribution >= 0.6 is 0 Å². The van der Waals surface area contributed by atoms with Crippen LogP contribution in [0.15, 0.2) is 18.2 Å². The van der Waals surface area contributed by atoms with Crippen LogP contribution in [-0.4, -0.2) is 22.5 Å². The largest absolute Gasteiger partial charge is 0.480 e. The van der Waals surface area contributed by atoms with Crippen LogP contribution in [0.2, 0.25) is 0 Å². The van der Waals surface area contributed by atoms with Crippen molar-refractivity contribution < 1.29 is 14.7 Å². The van der Waals surface area contributed by atoms with Gasteiger partial charge in [0.15, 0.2) is 0 Å². The van der Waals surface area contributed by atoms with Crippen LogP contribution in [-0.2, 0) is 9.59 Å². The summed E-state index contributed by atoms with van der Waals surface area (Å²) in [6.45, 7) is 10.9. The third-order valence-corrected chi connectivity index (χ3v) is 3.51. The van der Waals surface area contributed by atoms with Gasteiger partial charge in [0.2, 0.25) is 5.91 Å². The Morgan fingerprint density at radius 3 is 1.85 bits per heavy atom. The average Bonchev–Trinajstić information content (AvgIpc) is 2.35. The molecule has 1 unspecified atom stereocenters. The second kappa shape index (κ2) is 7.68. The number of aliphatic carboxylic acids is 1. The van der Waals surface area contributed by atoms with Crippen LogP contribution in [0.4, 0.5) is 0 Å². The number of benzene rings is 1. The summed E-state index contributed by atoms with van der Waals surface area (Å²) < 4.78 is 0. The van der Waals surface area contributed by atoms with E-state index in [1.165, 1.54) is 30.5 Å². The van der Waals surface area contributed by atoms with Crippen LogP contribution in [0.3, 0.4) is 0 Å². The van der Waals surface area contributed by atoms with Gasteiger partial charge in [-0.05, 0) is 50.8 Å². The highest BCUT2D eigenvalue weighted by Crippen LogP contribution is 2.10. The normalized spacial score (nSPS) is 12.7. The molecule has 1 atom stereocenters.